The Bertz CT molecular complexity index is 870. The zero-order valence-electron chi connectivity index (χ0n) is 13.0. The number of rotatable bonds is 0. The molecule has 3 aromatic rings. The highest BCUT2D eigenvalue weighted by atomic mass is 14.3. The zero-order valence-corrected chi connectivity index (χ0v) is 13.0. The minimum absolute atomic E-state index is 1.09. The summed E-state index contributed by atoms with van der Waals surface area (Å²) in [6, 6.07) is 18.3. The van der Waals surface area contributed by atoms with E-state index >= 15 is 0 Å². The van der Waals surface area contributed by atoms with E-state index in [9.17, 15) is 0 Å². The topological polar surface area (TPSA) is 0 Å². The van der Waals surface area contributed by atoms with E-state index in [1.165, 1.54) is 55.6 Å². The molecule has 0 spiro atoms. The van der Waals surface area contributed by atoms with Crippen molar-refractivity contribution in [1.29, 1.82) is 0 Å². The van der Waals surface area contributed by atoms with Crippen LogP contribution >= 0.6 is 0 Å². The first-order chi connectivity index (χ1) is 10.7. The second kappa shape index (κ2) is 4.10. The maximum absolute atomic E-state index is 2.46. The molecule has 0 fully saturated rings. The van der Waals surface area contributed by atoms with E-state index in [1.54, 1.807) is 0 Å². The first-order valence-corrected chi connectivity index (χ1v) is 8.06. The van der Waals surface area contributed by atoms with Gasteiger partial charge in [0.2, 0.25) is 0 Å². The van der Waals surface area contributed by atoms with Gasteiger partial charge in [-0.2, -0.15) is 0 Å². The first kappa shape index (κ1) is 12.2. The highest BCUT2D eigenvalue weighted by Gasteiger charge is 2.26. The largest absolute Gasteiger partial charge is 0.0617 e. The Kier molecular flexibility index (Phi) is 2.28. The van der Waals surface area contributed by atoms with Gasteiger partial charge in [0.1, 0.15) is 0 Å². The minimum Gasteiger partial charge on any atom is -0.0617 e. The predicted molar refractivity (Wildman–Crippen MR) is 92.4 cm³/mol. The first-order valence-electron chi connectivity index (χ1n) is 8.06. The van der Waals surface area contributed by atoms with E-state index in [4.69, 9.17) is 0 Å². The molecule has 22 heavy (non-hydrogen) atoms. The van der Waals surface area contributed by atoms with Crippen LogP contribution in [0.3, 0.4) is 0 Å². The highest BCUT2D eigenvalue weighted by Crippen LogP contribution is 2.46. The lowest BCUT2D eigenvalue weighted by Crippen LogP contribution is -1.87. The van der Waals surface area contributed by atoms with Gasteiger partial charge >= 0.3 is 0 Å². The monoisotopic (exact) mass is 282 g/mol. The van der Waals surface area contributed by atoms with E-state index < -0.39 is 0 Å². The predicted octanol–water partition coefficient (Wildman–Crippen LogP) is 5.45. The molecule has 2 aliphatic rings. The van der Waals surface area contributed by atoms with E-state index in [-0.39, 0.29) is 0 Å². The van der Waals surface area contributed by atoms with Crippen LogP contribution < -0.4 is 0 Å². The summed E-state index contributed by atoms with van der Waals surface area (Å²) in [4.78, 5) is 0. The number of benzene rings is 3. The van der Waals surface area contributed by atoms with Gasteiger partial charge in [0.15, 0.2) is 0 Å². The number of hydrogen-bond acceptors (Lipinski definition) is 0. The highest BCUT2D eigenvalue weighted by molar-refractivity contribution is 5.88. The molecule has 0 nitrogen and oxygen atoms in total. The van der Waals surface area contributed by atoms with Crippen molar-refractivity contribution in [2.45, 2.75) is 26.7 Å². The lowest BCUT2D eigenvalue weighted by atomic mass is 9.94. The summed E-state index contributed by atoms with van der Waals surface area (Å²) < 4.78 is 0. The van der Waals surface area contributed by atoms with Crippen LogP contribution in [-0.4, -0.2) is 0 Å². The quantitative estimate of drug-likeness (QED) is 0.354. The minimum atomic E-state index is 1.09. The smallest absolute Gasteiger partial charge is 0.00132 e. The van der Waals surface area contributed by atoms with Gasteiger partial charge in [0, 0.05) is 0 Å². The van der Waals surface area contributed by atoms with Gasteiger partial charge in [-0.25, -0.2) is 0 Å². The fraction of sp³-hybridized carbons (Fsp3) is 0.182. The van der Waals surface area contributed by atoms with E-state index in [0.717, 1.165) is 12.8 Å². The average molecular weight is 282 g/mol. The Labute approximate surface area is 131 Å². The van der Waals surface area contributed by atoms with Crippen LogP contribution in [0.5, 0.6) is 0 Å². The molecule has 106 valence electrons. The second-order valence-electron chi connectivity index (χ2n) is 6.74. The van der Waals surface area contributed by atoms with Crippen molar-refractivity contribution in [3.05, 3.63) is 81.9 Å². The number of aryl methyl sites for hydroxylation is 2. The summed E-state index contributed by atoms with van der Waals surface area (Å²) in [7, 11) is 0. The average Bonchev–Trinajstić information content (AvgIpc) is 3.03. The van der Waals surface area contributed by atoms with Gasteiger partial charge in [-0.05, 0) is 88.4 Å². The Morgan fingerprint density at radius 3 is 1.59 bits per heavy atom. The van der Waals surface area contributed by atoms with Crippen LogP contribution in [0.25, 0.3) is 22.3 Å². The molecule has 0 saturated heterocycles. The van der Waals surface area contributed by atoms with Crippen LogP contribution in [0.2, 0.25) is 0 Å². The number of hydrogen-bond donors (Lipinski definition) is 0. The standard InChI is InChI=1S/C22H18/c1-13-5-3-7-15-9-17-11-18-10-16-8-4-6-14(2)22(16)20(18)12-19(17)21(13)15/h3-8,11-12H,9-10H2,1-2H3. The van der Waals surface area contributed by atoms with Gasteiger partial charge in [-0.3, -0.25) is 0 Å². The fourth-order valence-corrected chi connectivity index (χ4v) is 4.39. The van der Waals surface area contributed by atoms with E-state index in [2.05, 4.69) is 62.4 Å². The van der Waals surface area contributed by atoms with Gasteiger partial charge in [-0.1, -0.05) is 42.5 Å². The summed E-state index contributed by atoms with van der Waals surface area (Å²) in [5.74, 6) is 0. The molecular weight excluding hydrogens is 264 g/mol. The molecule has 5 rings (SSSR count). The van der Waals surface area contributed by atoms with Crippen molar-refractivity contribution in [3.63, 3.8) is 0 Å². The van der Waals surface area contributed by atoms with Crippen molar-refractivity contribution in [2.75, 3.05) is 0 Å². The van der Waals surface area contributed by atoms with Crippen molar-refractivity contribution in [3.8, 4) is 22.3 Å². The molecule has 0 N–H and O–H groups in total. The van der Waals surface area contributed by atoms with Gasteiger partial charge < -0.3 is 0 Å². The molecule has 0 unspecified atom stereocenters. The summed E-state index contributed by atoms with van der Waals surface area (Å²) in [6.45, 7) is 4.47. The molecule has 0 radical (unpaired) electrons. The van der Waals surface area contributed by atoms with Crippen LogP contribution in [-0.2, 0) is 12.8 Å². The van der Waals surface area contributed by atoms with E-state index in [0.29, 0.717) is 0 Å². The van der Waals surface area contributed by atoms with Crippen LogP contribution in [0, 0.1) is 13.8 Å². The third-order valence-electron chi connectivity index (χ3n) is 5.35. The Morgan fingerprint density at radius 2 is 1.09 bits per heavy atom. The van der Waals surface area contributed by atoms with Gasteiger partial charge in [0.25, 0.3) is 0 Å². The summed E-state index contributed by atoms with van der Waals surface area (Å²) >= 11 is 0. The molecule has 0 amide bonds. The molecule has 0 aromatic heterocycles. The molecule has 0 heteroatoms. The number of fused-ring (bicyclic) bond motifs is 6. The second-order valence-corrected chi connectivity index (χ2v) is 6.74. The van der Waals surface area contributed by atoms with Gasteiger partial charge in [-0.15, -0.1) is 0 Å². The van der Waals surface area contributed by atoms with Crippen molar-refractivity contribution in [1.82, 2.24) is 0 Å². The Hall–Kier alpha value is -2.34. The summed E-state index contributed by atoms with van der Waals surface area (Å²) in [5.41, 5.74) is 14.7. The van der Waals surface area contributed by atoms with Crippen molar-refractivity contribution in [2.24, 2.45) is 0 Å². The normalized spacial score (nSPS) is 13.5. The molecular formula is C22H18. The van der Waals surface area contributed by atoms with Crippen LogP contribution in [0.1, 0.15) is 33.4 Å². The molecule has 0 aliphatic heterocycles. The van der Waals surface area contributed by atoms with E-state index in [1.807, 2.05) is 0 Å². The Balaban J connectivity index is 1.81. The SMILES string of the molecule is Cc1cccc2c1-c1cc3c(cc1C2)Cc1cccc(C)c1-3. The van der Waals surface area contributed by atoms with Crippen LogP contribution in [0.15, 0.2) is 48.5 Å². The molecule has 0 heterocycles. The summed E-state index contributed by atoms with van der Waals surface area (Å²) in [6.07, 6.45) is 2.18. The third-order valence-corrected chi connectivity index (χ3v) is 5.35. The molecule has 2 aliphatic carbocycles. The maximum atomic E-state index is 2.46. The fourth-order valence-electron chi connectivity index (χ4n) is 4.39. The molecule has 0 atom stereocenters. The van der Waals surface area contributed by atoms with Crippen LogP contribution in [0.4, 0.5) is 0 Å². The summed E-state index contributed by atoms with van der Waals surface area (Å²) in [5, 5.41) is 0. The van der Waals surface area contributed by atoms with Crippen molar-refractivity contribution >= 4 is 0 Å². The van der Waals surface area contributed by atoms with Crippen molar-refractivity contribution < 1.29 is 0 Å². The lowest BCUT2D eigenvalue weighted by molar-refractivity contribution is 1.21. The van der Waals surface area contributed by atoms with Gasteiger partial charge in [0.05, 0.1) is 0 Å². The molecule has 3 aromatic carbocycles. The Morgan fingerprint density at radius 1 is 0.591 bits per heavy atom. The third kappa shape index (κ3) is 1.47. The molecule has 0 bridgehead atoms. The lowest BCUT2D eigenvalue weighted by Gasteiger charge is -2.10. The zero-order chi connectivity index (χ0) is 14.8. The maximum Gasteiger partial charge on any atom is -0.00132 e. The molecule has 0 saturated carbocycles.